The SMILES string of the molecule is CCCN(C)C[C@H]1Oc2cc(C#CC3CC3)ccc2S(=O)(=O)N([C@@H](C)CO)C[C@H]1C. The molecule has 0 aromatic heterocycles. The lowest BCUT2D eigenvalue weighted by Crippen LogP contribution is -2.49. The molecule has 1 aromatic carbocycles. The van der Waals surface area contributed by atoms with E-state index in [4.69, 9.17) is 4.74 Å². The maximum Gasteiger partial charge on any atom is 0.247 e. The molecule has 3 atom stereocenters. The van der Waals surface area contributed by atoms with Gasteiger partial charge in [0.25, 0.3) is 0 Å². The van der Waals surface area contributed by atoms with E-state index in [0.717, 1.165) is 31.4 Å². The van der Waals surface area contributed by atoms with Crippen LogP contribution >= 0.6 is 0 Å². The molecular formula is C23H34N2O4S. The van der Waals surface area contributed by atoms with Gasteiger partial charge in [-0.25, -0.2) is 8.42 Å². The lowest BCUT2D eigenvalue weighted by Gasteiger charge is -2.37. The molecule has 3 rings (SSSR count). The van der Waals surface area contributed by atoms with Gasteiger partial charge in [-0.05, 0) is 58.0 Å². The van der Waals surface area contributed by atoms with Gasteiger partial charge in [0.1, 0.15) is 16.7 Å². The molecule has 166 valence electrons. The molecule has 1 fully saturated rings. The molecular weight excluding hydrogens is 400 g/mol. The molecule has 1 heterocycles. The second-order valence-corrected chi connectivity index (χ2v) is 10.6. The third-order valence-corrected chi connectivity index (χ3v) is 7.78. The van der Waals surface area contributed by atoms with E-state index in [9.17, 15) is 13.5 Å². The van der Waals surface area contributed by atoms with E-state index in [1.807, 2.05) is 6.92 Å². The Morgan fingerprint density at radius 2 is 2.10 bits per heavy atom. The molecule has 1 saturated carbocycles. The van der Waals surface area contributed by atoms with Crippen molar-refractivity contribution in [1.29, 1.82) is 0 Å². The predicted molar refractivity (Wildman–Crippen MR) is 118 cm³/mol. The largest absolute Gasteiger partial charge is 0.487 e. The minimum atomic E-state index is -3.80. The molecule has 0 radical (unpaired) electrons. The summed E-state index contributed by atoms with van der Waals surface area (Å²) < 4.78 is 34.6. The highest BCUT2D eigenvalue weighted by Crippen LogP contribution is 2.34. The Morgan fingerprint density at radius 3 is 2.73 bits per heavy atom. The lowest BCUT2D eigenvalue weighted by molar-refractivity contribution is 0.0752. The number of aliphatic hydroxyl groups excluding tert-OH is 1. The summed E-state index contributed by atoms with van der Waals surface area (Å²) in [6, 6.07) is 4.60. The van der Waals surface area contributed by atoms with Gasteiger partial charge in [0, 0.05) is 36.5 Å². The van der Waals surface area contributed by atoms with E-state index in [-0.39, 0.29) is 23.5 Å². The van der Waals surface area contributed by atoms with Crippen LogP contribution in [-0.4, -0.2) is 68.2 Å². The van der Waals surface area contributed by atoms with Gasteiger partial charge < -0.3 is 14.7 Å². The summed E-state index contributed by atoms with van der Waals surface area (Å²) >= 11 is 0. The standard InChI is InChI=1S/C23H34N2O4S/c1-5-12-24(4)15-22-17(2)14-25(18(3)16-26)30(27,28)23-11-10-20(13-21(23)29-22)9-8-19-6-7-19/h10-11,13,17-19,22,26H,5-7,12,14-16H2,1-4H3/t17-,18+,22-/m1/s1. The summed E-state index contributed by atoms with van der Waals surface area (Å²) in [6.45, 7) is 7.61. The molecule has 0 saturated heterocycles. The lowest BCUT2D eigenvalue weighted by atomic mass is 10.0. The van der Waals surface area contributed by atoms with Gasteiger partial charge >= 0.3 is 0 Å². The predicted octanol–water partition coefficient (Wildman–Crippen LogP) is 2.56. The van der Waals surface area contributed by atoms with Crippen LogP contribution in [0.25, 0.3) is 0 Å². The summed E-state index contributed by atoms with van der Waals surface area (Å²) in [6.07, 6.45) is 3.15. The van der Waals surface area contributed by atoms with Crippen LogP contribution in [0, 0.1) is 23.7 Å². The summed E-state index contributed by atoms with van der Waals surface area (Å²) in [5, 5.41) is 9.71. The highest BCUT2D eigenvalue weighted by Gasteiger charge is 2.38. The molecule has 7 heteroatoms. The monoisotopic (exact) mass is 434 g/mol. The Labute approximate surface area is 181 Å². The van der Waals surface area contributed by atoms with E-state index in [1.165, 1.54) is 4.31 Å². The van der Waals surface area contributed by atoms with Crippen LogP contribution in [0.2, 0.25) is 0 Å². The van der Waals surface area contributed by atoms with Gasteiger partial charge in [-0.3, -0.25) is 0 Å². The highest BCUT2D eigenvalue weighted by molar-refractivity contribution is 7.89. The quantitative estimate of drug-likeness (QED) is 0.697. The van der Waals surface area contributed by atoms with Crippen molar-refractivity contribution in [3.05, 3.63) is 23.8 Å². The summed E-state index contributed by atoms with van der Waals surface area (Å²) in [5.74, 6) is 7.17. The zero-order chi connectivity index (χ0) is 21.9. The number of hydrogen-bond donors (Lipinski definition) is 1. The van der Waals surface area contributed by atoms with Crippen LogP contribution in [0.1, 0.15) is 45.6 Å². The van der Waals surface area contributed by atoms with Gasteiger partial charge in [-0.15, -0.1) is 0 Å². The molecule has 1 aliphatic heterocycles. The normalized spacial score (nSPS) is 24.7. The zero-order valence-electron chi connectivity index (χ0n) is 18.5. The van der Waals surface area contributed by atoms with Crippen molar-refractivity contribution in [3.63, 3.8) is 0 Å². The fraction of sp³-hybridized carbons (Fsp3) is 0.652. The van der Waals surface area contributed by atoms with E-state index >= 15 is 0 Å². The number of hydrogen-bond acceptors (Lipinski definition) is 5. The topological polar surface area (TPSA) is 70.1 Å². The molecule has 30 heavy (non-hydrogen) atoms. The molecule has 1 aromatic rings. The number of nitrogens with zero attached hydrogens (tertiary/aromatic N) is 2. The minimum Gasteiger partial charge on any atom is -0.487 e. The number of benzene rings is 1. The first-order valence-corrected chi connectivity index (χ1v) is 12.3. The van der Waals surface area contributed by atoms with Gasteiger partial charge in [0.15, 0.2) is 0 Å². The van der Waals surface area contributed by atoms with Gasteiger partial charge in [0.2, 0.25) is 10.0 Å². The van der Waals surface area contributed by atoms with Gasteiger partial charge in [0.05, 0.1) is 6.61 Å². The first-order valence-electron chi connectivity index (χ1n) is 10.9. The maximum atomic E-state index is 13.4. The second-order valence-electron chi connectivity index (χ2n) is 8.71. The Morgan fingerprint density at radius 1 is 1.37 bits per heavy atom. The Hall–Kier alpha value is -1.59. The van der Waals surface area contributed by atoms with Gasteiger partial charge in [-0.1, -0.05) is 25.7 Å². The number of rotatable bonds is 6. The molecule has 0 amide bonds. The summed E-state index contributed by atoms with van der Waals surface area (Å²) in [4.78, 5) is 2.36. The van der Waals surface area contributed by atoms with Crippen molar-refractivity contribution < 1.29 is 18.3 Å². The van der Waals surface area contributed by atoms with Crippen molar-refractivity contribution in [1.82, 2.24) is 9.21 Å². The third-order valence-electron chi connectivity index (χ3n) is 5.76. The molecule has 0 spiro atoms. The molecule has 2 aliphatic rings. The van der Waals surface area contributed by atoms with Crippen LogP contribution in [-0.2, 0) is 10.0 Å². The van der Waals surface area contributed by atoms with E-state index in [1.54, 1.807) is 25.1 Å². The van der Waals surface area contributed by atoms with Crippen LogP contribution in [0.15, 0.2) is 23.1 Å². The van der Waals surface area contributed by atoms with Crippen molar-refractivity contribution in [2.75, 3.05) is 33.3 Å². The molecule has 1 aliphatic carbocycles. The number of likely N-dealkylation sites (N-methyl/N-ethyl adjacent to an activating group) is 1. The van der Waals surface area contributed by atoms with Crippen molar-refractivity contribution in [2.45, 2.75) is 57.1 Å². The van der Waals surface area contributed by atoms with Crippen molar-refractivity contribution in [2.24, 2.45) is 11.8 Å². The summed E-state index contributed by atoms with van der Waals surface area (Å²) in [5.41, 5.74) is 0.770. The second kappa shape index (κ2) is 9.69. The first kappa shape index (κ1) is 23.1. The number of fused-ring (bicyclic) bond motifs is 1. The molecule has 0 unspecified atom stereocenters. The molecule has 6 nitrogen and oxygen atoms in total. The Balaban J connectivity index is 2.02. The summed E-state index contributed by atoms with van der Waals surface area (Å²) in [7, 11) is -1.74. The van der Waals surface area contributed by atoms with E-state index < -0.39 is 16.1 Å². The van der Waals surface area contributed by atoms with Crippen LogP contribution in [0.4, 0.5) is 0 Å². The van der Waals surface area contributed by atoms with Crippen LogP contribution < -0.4 is 4.74 Å². The van der Waals surface area contributed by atoms with Crippen molar-refractivity contribution in [3.8, 4) is 17.6 Å². The first-order chi connectivity index (χ1) is 14.3. The number of sulfonamides is 1. The highest BCUT2D eigenvalue weighted by atomic mass is 32.2. The van der Waals surface area contributed by atoms with Crippen LogP contribution in [0.3, 0.4) is 0 Å². The Kier molecular flexibility index (Phi) is 7.46. The van der Waals surface area contributed by atoms with E-state index in [0.29, 0.717) is 24.8 Å². The Bertz CT molecular complexity index is 902. The minimum absolute atomic E-state index is 0.0394. The molecule has 1 N–H and O–H groups in total. The average molecular weight is 435 g/mol. The zero-order valence-corrected chi connectivity index (χ0v) is 19.3. The number of ether oxygens (including phenoxy) is 1. The maximum absolute atomic E-state index is 13.4. The van der Waals surface area contributed by atoms with Crippen molar-refractivity contribution >= 4 is 10.0 Å². The number of aliphatic hydroxyl groups is 1. The fourth-order valence-electron chi connectivity index (χ4n) is 3.71. The third kappa shape index (κ3) is 5.36. The van der Waals surface area contributed by atoms with Gasteiger partial charge in [-0.2, -0.15) is 4.31 Å². The fourth-order valence-corrected chi connectivity index (χ4v) is 5.54. The van der Waals surface area contributed by atoms with E-state index in [2.05, 4.69) is 30.7 Å². The average Bonchev–Trinajstić information content (AvgIpc) is 3.53. The smallest absolute Gasteiger partial charge is 0.247 e. The van der Waals surface area contributed by atoms with Crippen LogP contribution in [0.5, 0.6) is 5.75 Å². The molecule has 0 bridgehead atoms.